The quantitative estimate of drug-likeness (QED) is 0.640. The normalized spacial score (nSPS) is 16.9. The predicted molar refractivity (Wildman–Crippen MR) is 118 cm³/mol. The van der Waals surface area contributed by atoms with E-state index in [9.17, 15) is 9.59 Å². The third kappa shape index (κ3) is 4.30. The SMILES string of the molecule is CCOc1ccccc1N1C[C@@H](C(=O)N[C@H](c2ccccc2)c2nccn2C)CC1=O. The Bertz CT molecular complexity index is 1060. The number of imidazole rings is 1. The first kappa shape index (κ1) is 20.7. The van der Waals surface area contributed by atoms with Crippen molar-refractivity contribution in [3.05, 3.63) is 78.4 Å². The van der Waals surface area contributed by atoms with Gasteiger partial charge < -0.3 is 19.5 Å². The van der Waals surface area contributed by atoms with Crippen molar-refractivity contribution in [2.24, 2.45) is 13.0 Å². The number of hydrogen-bond donors (Lipinski definition) is 1. The lowest BCUT2D eigenvalue weighted by Gasteiger charge is -2.22. The number of ether oxygens (including phenoxy) is 1. The summed E-state index contributed by atoms with van der Waals surface area (Å²) in [6.07, 6.45) is 3.72. The maximum Gasteiger partial charge on any atom is 0.227 e. The molecule has 3 aromatic rings. The molecule has 0 aliphatic carbocycles. The van der Waals surface area contributed by atoms with Crippen molar-refractivity contribution >= 4 is 17.5 Å². The van der Waals surface area contributed by atoms with Crippen molar-refractivity contribution in [2.45, 2.75) is 19.4 Å². The monoisotopic (exact) mass is 418 g/mol. The molecule has 0 radical (unpaired) electrons. The molecule has 0 unspecified atom stereocenters. The van der Waals surface area contributed by atoms with Gasteiger partial charge in [0, 0.05) is 32.4 Å². The summed E-state index contributed by atoms with van der Waals surface area (Å²) in [5.41, 5.74) is 1.64. The van der Waals surface area contributed by atoms with E-state index < -0.39 is 12.0 Å². The van der Waals surface area contributed by atoms with Crippen molar-refractivity contribution in [1.29, 1.82) is 0 Å². The maximum absolute atomic E-state index is 13.2. The van der Waals surface area contributed by atoms with E-state index in [1.165, 1.54) is 0 Å². The van der Waals surface area contributed by atoms with Gasteiger partial charge in [0.1, 0.15) is 17.6 Å². The maximum atomic E-state index is 13.2. The largest absolute Gasteiger partial charge is 0.492 e. The van der Waals surface area contributed by atoms with Gasteiger partial charge in [0.25, 0.3) is 0 Å². The molecule has 160 valence electrons. The number of para-hydroxylation sites is 2. The molecule has 0 saturated carbocycles. The van der Waals surface area contributed by atoms with E-state index in [4.69, 9.17) is 4.74 Å². The highest BCUT2D eigenvalue weighted by atomic mass is 16.5. The number of carbonyl (C=O) groups is 2. The molecule has 31 heavy (non-hydrogen) atoms. The van der Waals surface area contributed by atoms with Crippen molar-refractivity contribution in [2.75, 3.05) is 18.1 Å². The summed E-state index contributed by atoms with van der Waals surface area (Å²) in [5, 5.41) is 3.12. The Balaban J connectivity index is 1.54. The van der Waals surface area contributed by atoms with Crippen LogP contribution in [0.3, 0.4) is 0 Å². The van der Waals surface area contributed by atoms with Gasteiger partial charge in [0.2, 0.25) is 11.8 Å². The Hall–Kier alpha value is -3.61. The fraction of sp³-hybridized carbons (Fsp3) is 0.292. The molecule has 2 amide bonds. The van der Waals surface area contributed by atoms with Gasteiger partial charge in [-0.15, -0.1) is 0 Å². The highest BCUT2D eigenvalue weighted by Gasteiger charge is 2.37. The lowest BCUT2D eigenvalue weighted by Crippen LogP contribution is -2.37. The summed E-state index contributed by atoms with van der Waals surface area (Å²) in [7, 11) is 1.90. The molecular formula is C24H26N4O3. The zero-order chi connectivity index (χ0) is 21.8. The van der Waals surface area contributed by atoms with Gasteiger partial charge in [-0.3, -0.25) is 9.59 Å². The Labute approximate surface area is 181 Å². The van der Waals surface area contributed by atoms with E-state index in [0.29, 0.717) is 24.6 Å². The number of benzene rings is 2. The number of amides is 2. The fourth-order valence-corrected chi connectivity index (χ4v) is 3.93. The molecule has 2 aromatic carbocycles. The van der Waals surface area contributed by atoms with Crippen molar-refractivity contribution in [3.63, 3.8) is 0 Å². The van der Waals surface area contributed by atoms with Gasteiger partial charge in [-0.25, -0.2) is 4.98 Å². The van der Waals surface area contributed by atoms with Gasteiger partial charge >= 0.3 is 0 Å². The lowest BCUT2D eigenvalue weighted by atomic mass is 10.0. The highest BCUT2D eigenvalue weighted by Crippen LogP contribution is 2.33. The molecule has 7 nitrogen and oxygen atoms in total. The Morgan fingerprint density at radius 1 is 1.19 bits per heavy atom. The molecule has 1 N–H and O–H groups in total. The van der Waals surface area contributed by atoms with E-state index >= 15 is 0 Å². The molecule has 0 spiro atoms. The first-order valence-electron chi connectivity index (χ1n) is 10.4. The number of nitrogens with one attached hydrogen (secondary N) is 1. The summed E-state index contributed by atoms with van der Waals surface area (Å²) in [6, 6.07) is 16.8. The van der Waals surface area contributed by atoms with Gasteiger partial charge in [0.15, 0.2) is 0 Å². The average molecular weight is 418 g/mol. The van der Waals surface area contributed by atoms with Crippen molar-refractivity contribution in [3.8, 4) is 5.75 Å². The number of rotatable bonds is 7. The lowest BCUT2D eigenvalue weighted by molar-refractivity contribution is -0.126. The molecule has 2 atom stereocenters. The van der Waals surface area contributed by atoms with Crippen molar-refractivity contribution < 1.29 is 14.3 Å². The molecule has 4 rings (SSSR count). The second-order valence-corrected chi connectivity index (χ2v) is 7.55. The standard InChI is InChI=1S/C24H26N4O3/c1-3-31-20-12-8-7-11-19(20)28-16-18(15-21(28)29)24(30)26-22(17-9-5-4-6-10-17)23-25-13-14-27(23)2/h4-14,18,22H,3,15-16H2,1-2H3,(H,26,30)/t18-,22+/m0/s1. The number of aryl methyl sites for hydroxylation is 1. The number of anilines is 1. The molecule has 2 heterocycles. The zero-order valence-corrected chi connectivity index (χ0v) is 17.7. The van der Waals surface area contributed by atoms with E-state index in [1.54, 1.807) is 11.1 Å². The van der Waals surface area contributed by atoms with Crippen LogP contribution in [-0.4, -0.2) is 34.5 Å². The summed E-state index contributed by atoms with van der Waals surface area (Å²) in [6.45, 7) is 2.72. The van der Waals surface area contributed by atoms with Crippen LogP contribution in [0.15, 0.2) is 67.0 Å². The topological polar surface area (TPSA) is 76.5 Å². The molecule has 1 aliphatic heterocycles. The number of carbonyl (C=O) groups excluding carboxylic acids is 2. The van der Waals surface area contributed by atoms with E-state index in [-0.39, 0.29) is 18.2 Å². The molecular weight excluding hydrogens is 392 g/mol. The van der Waals surface area contributed by atoms with E-state index in [1.807, 2.05) is 79.3 Å². The molecule has 1 aromatic heterocycles. The van der Waals surface area contributed by atoms with Gasteiger partial charge in [-0.2, -0.15) is 0 Å². The number of aromatic nitrogens is 2. The summed E-state index contributed by atoms with van der Waals surface area (Å²) in [4.78, 5) is 32.1. The smallest absolute Gasteiger partial charge is 0.227 e. The first-order valence-corrected chi connectivity index (χ1v) is 10.4. The predicted octanol–water partition coefficient (Wildman–Crippen LogP) is 3.08. The van der Waals surface area contributed by atoms with Crippen LogP contribution < -0.4 is 15.0 Å². The van der Waals surface area contributed by atoms with Crippen molar-refractivity contribution in [1.82, 2.24) is 14.9 Å². The van der Waals surface area contributed by atoms with E-state index in [0.717, 1.165) is 11.4 Å². The number of hydrogen-bond acceptors (Lipinski definition) is 4. The molecule has 1 aliphatic rings. The summed E-state index contributed by atoms with van der Waals surface area (Å²) < 4.78 is 7.56. The highest BCUT2D eigenvalue weighted by molar-refractivity contribution is 6.01. The second-order valence-electron chi connectivity index (χ2n) is 7.55. The second kappa shape index (κ2) is 9.04. The minimum Gasteiger partial charge on any atom is -0.492 e. The van der Waals surface area contributed by atoms with Crippen LogP contribution in [0.5, 0.6) is 5.75 Å². The van der Waals surface area contributed by atoms with Crippen LogP contribution >= 0.6 is 0 Å². The molecule has 1 saturated heterocycles. The minimum atomic E-state index is -0.450. The molecule has 0 bridgehead atoms. The Morgan fingerprint density at radius 2 is 1.94 bits per heavy atom. The van der Waals surface area contributed by atoms with Crippen LogP contribution in [-0.2, 0) is 16.6 Å². The van der Waals surface area contributed by atoms with Gasteiger partial charge in [0.05, 0.1) is 18.2 Å². The van der Waals surface area contributed by atoms with E-state index in [2.05, 4.69) is 10.3 Å². The average Bonchev–Trinajstić information content (AvgIpc) is 3.39. The fourth-order valence-electron chi connectivity index (χ4n) is 3.93. The zero-order valence-electron chi connectivity index (χ0n) is 17.7. The summed E-state index contributed by atoms with van der Waals surface area (Å²) in [5.74, 6) is 0.688. The minimum absolute atomic E-state index is 0.0828. The van der Waals surface area contributed by atoms with Crippen LogP contribution in [0.25, 0.3) is 0 Å². The molecule has 1 fully saturated rings. The summed E-state index contributed by atoms with van der Waals surface area (Å²) >= 11 is 0. The third-order valence-electron chi connectivity index (χ3n) is 5.49. The van der Waals surface area contributed by atoms with Crippen LogP contribution in [0.2, 0.25) is 0 Å². The number of nitrogens with zero attached hydrogens (tertiary/aromatic N) is 3. The third-order valence-corrected chi connectivity index (χ3v) is 5.49. The van der Waals surface area contributed by atoms with Crippen LogP contribution in [0.4, 0.5) is 5.69 Å². The Kier molecular flexibility index (Phi) is 6.02. The van der Waals surface area contributed by atoms with Gasteiger partial charge in [-0.05, 0) is 24.6 Å². The van der Waals surface area contributed by atoms with Crippen LogP contribution in [0.1, 0.15) is 30.8 Å². The Morgan fingerprint density at radius 3 is 2.65 bits per heavy atom. The van der Waals surface area contributed by atoms with Crippen LogP contribution in [0, 0.1) is 5.92 Å². The molecule has 7 heteroatoms. The van der Waals surface area contributed by atoms with Gasteiger partial charge in [-0.1, -0.05) is 42.5 Å². The first-order chi connectivity index (χ1) is 15.1.